The maximum Gasteiger partial charge on any atom is 0.302 e. The van der Waals surface area contributed by atoms with Crippen molar-refractivity contribution in [1.82, 2.24) is 0 Å². The smallest absolute Gasteiger partial charge is 0.302 e. The molecule has 0 radical (unpaired) electrons. The van der Waals surface area contributed by atoms with E-state index in [4.69, 9.17) is 9.47 Å². The quantitative estimate of drug-likeness (QED) is 0.425. The van der Waals surface area contributed by atoms with Crippen molar-refractivity contribution in [3.05, 3.63) is 29.8 Å². The molecule has 1 aromatic rings. The third-order valence-corrected chi connectivity index (χ3v) is 2.67. The van der Waals surface area contributed by atoms with E-state index in [0.717, 1.165) is 19.1 Å². The van der Waals surface area contributed by atoms with E-state index in [9.17, 15) is 14.7 Å². The minimum Gasteiger partial charge on any atom is -0.494 e. The van der Waals surface area contributed by atoms with Crippen molar-refractivity contribution in [2.24, 2.45) is 0 Å². The van der Waals surface area contributed by atoms with Crippen molar-refractivity contribution in [2.45, 2.75) is 32.3 Å². The number of esters is 1. The Morgan fingerprint density at radius 2 is 2.20 bits per heavy atom. The van der Waals surface area contributed by atoms with Gasteiger partial charge in [0.15, 0.2) is 0 Å². The van der Waals surface area contributed by atoms with E-state index in [-0.39, 0.29) is 12.6 Å². The number of rotatable bonds is 9. The maximum absolute atomic E-state index is 10.6. The number of aldehydes is 1. The first-order valence-corrected chi connectivity index (χ1v) is 6.61. The average molecular weight is 280 g/mol. The van der Waals surface area contributed by atoms with Gasteiger partial charge in [0.2, 0.25) is 0 Å². The van der Waals surface area contributed by atoms with Crippen LogP contribution in [0.25, 0.3) is 0 Å². The third-order valence-electron chi connectivity index (χ3n) is 2.67. The van der Waals surface area contributed by atoms with Gasteiger partial charge in [-0.2, -0.15) is 0 Å². The van der Waals surface area contributed by atoms with Crippen LogP contribution in [0.15, 0.2) is 24.3 Å². The summed E-state index contributed by atoms with van der Waals surface area (Å²) in [5.41, 5.74) is 0.583. The molecule has 0 aromatic heterocycles. The first-order valence-electron chi connectivity index (χ1n) is 6.61. The molecule has 1 atom stereocenters. The minimum atomic E-state index is -0.628. The molecule has 0 fully saturated rings. The Labute approximate surface area is 118 Å². The molecule has 0 heterocycles. The van der Waals surface area contributed by atoms with Crippen LogP contribution in [-0.4, -0.2) is 36.7 Å². The largest absolute Gasteiger partial charge is 0.494 e. The minimum absolute atomic E-state index is 0.0393. The van der Waals surface area contributed by atoms with Gasteiger partial charge in [-0.15, -0.1) is 0 Å². The summed E-state index contributed by atoms with van der Waals surface area (Å²) < 4.78 is 10.2. The number of unbranched alkanes of at least 4 members (excludes halogenated alkanes) is 1. The zero-order valence-corrected chi connectivity index (χ0v) is 11.6. The van der Waals surface area contributed by atoms with Crippen molar-refractivity contribution in [3.8, 4) is 5.75 Å². The van der Waals surface area contributed by atoms with Crippen molar-refractivity contribution in [3.63, 3.8) is 0 Å². The van der Waals surface area contributed by atoms with E-state index in [1.54, 1.807) is 24.3 Å². The van der Waals surface area contributed by atoms with E-state index >= 15 is 0 Å². The second kappa shape index (κ2) is 9.09. The van der Waals surface area contributed by atoms with Gasteiger partial charge in [0, 0.05) is 12.5 Å². The zero-order chi connectivity index (χ0) is 14.8. The van der Waals surface area contributed by atoms with Crippen LogP contribution in [0.5, 0.6) is 5.75 Å². The SMILES string of the molecule is CC(=O)OC[C@@H](O)CCCCOc1cccc(C=O)c1. The monoisotopic (exact) mass is 280 g/mol. The van der Waals surface area contributed by atoms with E-state index in [0.29, 0.717) is 24.3 Å². The molecule has 0 amide bonds. The van der Waals surface area contributed by atoms with Crippen LogP contribution >= 0.6 is 0 Å². The number of carbonyl (C=O) groups is 2. The van der Waals surface area contributed by atoms with Crippen molar-refractivity contribution < 1.29 is 24.2 Å². The Kier molecular flexibility index (Phi) is 7.35. The summed E-state index contributed by atoms with van der Waals surface area (Å²) >= 11 is 0. The zero-order valence-electron chi connectivity index (χ0n) is 11.6. The van der Waals surface area contributed by atoms with Crippen molar-refractivity contribution in [1.29, 1.82) is 0 Å². The lowest BCUT2D eigenvalue weighted by molar-refractivity contribution is -0.144. The molecule has 1 aromatic carbocycles. The molecule has 0 aliphatic heterocycles. The van der Waals surface area contributed by atoms with Crippen molar-refractivity contribution in [2.75, 3.05) is 13.2 Å². The topological polar surface area (TPSA) is 72.8 Å². The number of carbonyl (C=O) groups excluding carboxylic acids is 2. The number of hydrogen-bond acceptors (Lipinski definition) is 5. The first kappa shape index (κ1) is 16.2. The van der Waals surface area contributed by atoms with Gasteiger partial charge in [0.05, 0.1) is 12.7 Å². The number of benzene rings is 1. The maximum atomic E-state index is 10.6. The summed E-state index contributed by atoms with van der Waals surface area (Å²) in [5, 5.41) is 9.53. The van der Waals surface area contributed by atoms with E-state index < -0.39 is 6.10 Å². The van der Waals surface area contributed by atoms with E-state index in [1.165, 1.54) is 6.92 Å². The fourth-order valence-electron chi connectivity index (χ4n) is 1.65. The summed E-state index contributed by atoms with van der Waals surface area (Å²) in [4.78, 5) is 21.2. The number of aliphatic hydroxyl groups excluding tert-OH is 1. The van der Waals surface area contributed by atoms with E-state index in [2.05, 4.69) is 0 Å². The lowest BCUT2D eigenvalue weighted by Crippen LogP contribution is -2.17. The van der Waals surface area contributed by atoms with Gasteiger partial charge < -0.3 is 14.6 Å². The molecule has 0 bridgehead atoms. The molecule has 1 rings (SSSR count). The Morgan fingerprint density at radius 3 is 2.90 bits per heavy atom. The van der Waals surface area contributed by atoms with Gasteiger partial charge in [-0.25, -0.2) is 0 Å². The molecule has 0 aliphatic carbocycles. The van der Waals surface area contributed by atoms with Crippen LogP contribution in [0.2, 0.25) is 0 Å². The van der Waals surface area contributed by atoms with Gasteiger partial charge in [-0.3, -0.25) is 9.59 Å². The first-order chi connectivity index (χ1) is 9.61. The molecular formula is C15H20O5. The highest BCUT2D eigenvalue weighted by atomic mass is 16.5. The van der Waals surface area contributed by atoms with Gasteiger partial charge in [-0.1, -0.05) is 12.1 Å². The average Bonchev–Trinajstić information content (AvgIpc) is 2.45. The summed E-state index contributed by atoms with van der Waals surface area (Å²) in [7, 11) is 0. The standard InChI is InChI=1S/C15H20O5/c1-12(17)20-11-14(18)6-2-3-8-19-15-7-4-5-13(9-15)10-16/h4-5,7,9-10,14,18H,2-3,6,8,11H2,1H3/t14-/m0/s1. The molecule has 0 saturated carbocycles. The molecule has 0 saturated heterocycles. The summed E-state index contributed by atoms with van der Waals surface area (Å²) in [6.07, 6.45) is 2.26. The Morgan fingerprint density at radius 1 is 1.40 bits per heavy atom. The molecule has 5 heteroatoms. The summed E-state index contributed by atoms with van der Waals surface area (Å²) in [6.45, 7) is 1.87. The molecule has 0 unspecified atom stereocenters. The predicted molar refractivity (Wildman–Crippen MR) is 73.8 cm³/mol. The van der Waals surface area contributed by atoms with E-state index in [1.807, 2.05) is 0 Å². The molecule has 5 nitrogen and oxygen atoms in total. The lowest BCUT2D eigenvalue weighted by Gasteiger charge is -2.10. The molecule has 0 spiro atoms. The fourth-order valence-corrected chi connectivity index (χ4v) is 1.65. The second-order valence-corrected chi connectivity index (χ2v) is 4.49. The number of ether oxygens (including phenoxy) is 2. The van der Waals surface area contributed by atoms with Gasteiger partial charge in [0.25, 0.3) is 0 Å². The third kappa shape index (κ3) is 6.89. The van der Waals surface area contributed by atoms with Crippen LogP contribution < -0.4 is 4.74 Å². The lowest BCUT2D eigenvalue weighted by atomic mass is 10.1. The molecule has 110 valence electrons. The highest BCUT2D eigenvalue weighted by Crippen LogP contribution is 2.12. The van der Waals surface area contributed by atoms with Crippen LogP contribution in [-0.2, 0) is 9.53 Å². The molecule has 20 heavy (non-hydrogen) atoms. The fraction of sp³-hybridized carbons (Fsp3) is 0.467. The van der Waals surface area contributed by atoms with Crippen LogP contribution in [0, 0.1) is 0 Å². The molecule has 0 aliphatic rings. The normalized spacial score (nSPS) is 11.7. The predicted octanol–water partition coefficient (Wildman–Crippen LogP) is 1.97. The summed E-state index contributed by atoms with van der Waals surface area (Å²) in [6, 6.07) is 6.96. The molecular weight excluding hydrogens is 260 g/mol. The molecule has 1 N–H and O–H groups in total. The number of hydrogen-bond donors (Lipinski definition) is 1. The van der Waals surface area contributed by atoms with Crippen LogP contribution in [0.3, 0.4) is 0 Å². The number of aliphatic hydroxyl groups is 1. The van der Waals surface area contributed by atoms with Gasteiger partial charge in [-0.05, 0) is 31.4 Å². The van der Waals surface area contributed by atoms with Gasteiger partial charge >= 0.3 is 5.97 Å². The second-order valence-electron chi connectivity index (χ2n) is 4.49. The van der Waals surface area contributed by atoms with Crippen LogP contribution in [0.1, 0.15) is 36.5 Å². The Bertz CT molecular complexity index is 430. The van der Waals surface area contributed by atoms with Crippen molar-refractivity contribution >= 4 is 12.3 Å². The highest BCUT2D eigenvalue weighted by Gasteiger charge is 2.05. The Balaban J connectivity index is 2.12. The van der Waals surface area contributed by atoms with Gasteiger partial charge in [0.1, 0.15) is 18.6 Å². The summed E-state index contributed by atoms with van der Waals surface area (Å²) in [5.74, 6) is 0.275. The van der Waals surface area contributed by atoms with Crippen LogP contribution in [0.4, 0.5) is 0 Å². The highest BCUT2D eigenvalue weighted by molar-refractivity contribution is 5.75. The Hall–Kier alpha value is -1.88.